The summed E-state index contributed by atoms with van der Waals surface area (Å²) in [5.74, 6) is 5.92. The second kappa shape index (κ2) is 9.00. The highest BCUT2D eigenvalue weighted by atomic mass is 79.9. The Morgan fingerprint density at radius 3 is 2.33 bits per heavy atom. The molecule has 4 nitrogen and oxygen atoms in total. The standard InChI is InChI=1S/C18H18BrNO3S/c19-16-10-12-18(13-11-16)24(22,23)20-17(14-21)9-5-4-8-15-6-2-1-3-7-15/h1-3,6-7,10-13,17,20-21H,8-9,14H2. The maximum absolute atomic E-state index is 12.3. The van der Waals surface area contributed by atoms with E-state index in [4.69, 9.17) is 0 Å². The van der Waals surface area contributed by atoms with Crippen molar-refractivity contribution in [1.29, 1.82) is 0 Å². The predicted octanol–water partition coefficient (Wildman–Crippen LogP) is 2.72. The van der Waals surface area contributed by atoms with Crippen LogP contribution < -0.4 is 4.72 Å². The molecular weight excluding hydrogens is 390 g/mol. The predicted molar refractivity (Wildman–Crippen MR) is 97.9 cm³/mol. The van der Waals surface area contributed by atoms with Crippen LogP contribution in [0.4, 0.5) is 0 Å². The van der Waals surface area contributed by atoms with Crippen LogP contribution in [-0.2, 0) is 16.4 Å². The molecule has 24 heavy (non-hydrogen) atoms. The fourth-order valence-corrected chi connectivity index (χ4v) is 3.49. The van der Waals surface area contributed by atoms with Crippen molar-refractivity contribution in [3.05, 3.63) is 64.6 Å². The summed E-state index contributed by atoms with van der Waals surface area (Å²) >= 11 is 3.26. The summed E-state index contributed by atoms with van der Waals surface area (Å²) in [7, 11) is -3.68. The highest BCUT2D eigenvalue weighted by Crippen LogP contribution is 2.15. The van der Waals surface area contributed by atoms with Crippen LogP contribution in [0, 0.1) is 11.8 Å². The van der Waals surface area contributed by atoms with Gasteiger partial charge in [-0.25, -0.2) is 13.1 Å². The second-order valence-corrected chi connectivity index (χ2v) is 7.80. The van der Waals surface area contributed by atoms with Crippen LogP contribution in [0.3, 0.4) is 0 Å². The maximum atomic E-state index is 12.3. The molecule has 0 radical (unpaired) electrons. The molecule has 2 aromatic rings. The highest BCUT2D eigenvalue weighted by molar-refractivity contribution is 9.10. The lowest BCUT2D eigenvalue weighted by Gasteiger charge is -2.14. The zero-order chi connectivity index (χ0) is 17.4. The Morgan fingerprint density at radius 2 is 1.71 bits per heavy atom. The molecule has 0 heterocycles. The number of benzene rings is 2. The summed E-state index contributed by atoms with van der Waals surface area (Å²) in [6.07, 6.45) is 0.845. The van der Waals surface area contributed by atoms with Crippen LogP contribution in [0.5, 0.6) is 0 Å². The molecule has 2 N–H and O–H groups in total. The number of sulfonamides is 1. The van der Waals surface area contributed by atoms with E-state index in [0.717, 1.165) is 10.0 Å². The topological polar surface area (TPSA) is 66.4 Å². The monoisotopic (exact) mass is 407 g/mol. The van der Waals surface area contributed by atoms with Gasteiger partial charge in [-0.1, -0.05) is 52.2 Å². The summed E-state index contributed by atoms with van der Waals surface area (Å²) in [4.78, 5) is 0.154. The number of aliphatic hydroxyl groups excluding tert-OH is 1. The van der Waals surface area contributed by atoms with Gasteiger partial charge in [0.25, 0.3) is 0 Å². The van der Waals surface area contributed by atoms with Crippen molar-refractivity contribution in [3.63, 3.8) is 0 Å². The fraction of sp³-hybridized carbons (Fsp3) is 0.222. The molecule has 0 saturated carbocycles. The van der Waals surface area contributed by atoms with E-state index in [2.05, 4.69) is 32.5 Å². The first kappa shape index (κ1) is 18.7. The van der Waals surface area contributed by atoms with Crippen molar-refractivity contribution in [1.82, 2.24) is 4.72 Å². The fourth-order valence-electron chi connectivity index (χ4n) is 2.00. The van der Waals surface area contributed by atoms with Gasteiger partial charge < -0.3 is 5.11 Å². The third-order valence-electron chi connectivity index (χ3n) is 3.27. The van der Waals surface area contributed by atoms with Crippen molar-refractivity contribution in [3.8, 4) is 11.8 Å². The number of rotatable bonds is 6. The van der Waals surface area contributed by atoms with Gasteiger partial charge in [0.1, 0.15) is 0 Å². The summed E-state index contributed by atoms with van der Waals surface area (Å²) in [5.41, 5.74) is 1.10. The van der Waals surface area contributed by atoms with E-state index >= 15 is 0 Å². The zero-order valence-electron chi connectivity index (χ0n) is 12.9. The van der Waals surface area contributed by atoms with Gasteiger partial charge in [0.2, 0.25) is 10.0 Å². The molecule has 1 atom stereocenters. The third-order valence-corrected chi connectivity index (χ3v) is 5.34. The Hall–Kier alpha value is -1.65. The van der Waals surface area contributed by atoms with Crippen molar-refractivity contribution in [2.45, 2.75) is 23.8 Å². The normalized spacial score (nSPS) is 12.2. The molecule has 0 aliphatic heterocycles. The van der Waals surface area contributed by atoms with Crippen LogP contribution in [0.1, 0.15) is 12.0 Å². The number of halogens is 1. The van der Waals surface area contributed by atoms with E-state index in [0.29, 0.717) is 6.42 Å². The summed E-state index contributed by atoms with van der Waals surface area (Å²) in [5, 5.41) is 9.39. The number of hydrogen-bond acceptors (Lipinski definition) is 3. The third kappa shape index (κ3) is 5.77. The van der Waals surface area contributed by atoms with E-state index in [1.165, 1.54) is 12.1 Å². The van der Waals surface area contributed by atoms with Crippen molar-refractivity contribution in [2.24, 2.45) is 0 Å². The molecule has 0 saturated heterocycles. The van der Waals surface area contributed by atoms with E-state index in [-0.39, 0.29) is 17.9 Å². The first-order valence-electron chi connectivity index (χ1n) is 7.39. The minimum atomic E-state index is -3.68. The van der Waals surface area contributed by atoms with Gasteiger partial charge in [-0.05, 0) is 29.8 Å². The van der Waals surface area contributed by atoms with E-state index in [9.17, 15) is 13.5 Å². The smallest absolute Gasteiger partial charge is 0.240 e. The molecule has 2 rings (SSSR count). The molecule has 0 spiro atoms. The van der Waals surface area contributed by atoms with Gasteiger partial charge in [-0.2, -0.15) is 0 Å². The molecular formula is C18H18BrNO3S. The Balaban J connectivity index is 1.95. The van der Waals surface area contributed by atoms with Gasteiger partial charge in [-0.3, -0.25) is 0 Å². The van der Waals surface area contributed by atoms with Crippen LogP contribution in [-0.4, -0.2) is 26.2 Å². The molecule has 0 aromatic heterocycles. The van der Waals surface area contributed by atoms with Gasteiger partial charge in [-0.15, -0.1) is 5.92 Å². The van der Waals surface area contributed by atoms with E-state index in [1.54, 1.807) is 12.1 Å². The zero-order valence-corrected chi connectivity index (χ0v) is 15.3. The van der Waals surface area contributed by atoms with Crippen LogP contribution >= 0.6 is 15.9 Å². The Morgan fingerprint density at radius 1 is 1.04 bits per heavy atom. The quantitative estimate of drug-likeness (QED) is 0.723. The first-order chi connectivity index (χ1) is 11.5. The minimum Gasteiger partial charge on any atom is -0.395 e. The Labute approximate surface area is 151 Å². The molecule has 1 unspecified atom stereocenters. The second-order valence-electron chi connectivity index (χ2n) is 5.17. The molecule has 0 fully saturated rings. The highest BCUT2D eigenvalue weighted by Gasteiger charge is 2.18. The van der Waals surface area contributed by atoms with Crippen molar-refractivity contribution in [2.75, 3.05) is 6.61 Å². The largest absolute Gasteiger partial charge is 0.395 e. The van der Waals surface area contributed by atoms with Crippen LogP contribution in [0.25, 0.3) is 0 Å². The summed E-state index contributed by atoms with van der Waals surface area (Å²) in [6.45, 7) is -0.310. The number of nitrogens with one attached hydrogen (secondary N) is 1. The molecule has 6 heteroatoms. The summed E-state index contributed by atoms with van der Waals surface area (Å²) < 4.78 is 27.8. The van der Waals surface area contributed by atoms with Gasteiger partial charge in [0.05, 0.1) is 17.5 Å². The van der Waals surface area contributed by atoms with Crippen molar-refractivity contribution < 1.29 is 13.5 Å². The lowest BCUT2D eigenvalue weighted by atomic mass is 10.1. The van der Waals surface area contributed by atoms with E-state index in [1.807, 2.05) is 30.3 Å². The maximum Gasteiger partial charge on any atom is 0.240 e. The average Bonchev–Trinajstić information content (AvgIpc) is 2.59. The molecule has 0 amide bonds. The van der Waals surface area contributed by atoms with Gasteiger partial charge in [0, 0.05) is 17.3 Å². The molecule has 0 aliphatic carbocycles. The van der Waals surface area contributed by atoms with Crippen LogP contribution in [0.15, 0.2) is 64.0 Å². The molecule has 2 aromatic carbocycles. The Bertz CT molecular complexity index is 809. The lowest BCUT2D eigenvalue weighted by molar-refractivity contribution is 0.258. The van der Waals surface area contributed by atoms with Crippen molar-refractivity contribution >= 4 is 26.0 Å². The number of aliphatic hydroxyl groups is 1. The minimum absolute atomic E-state index is 0.154. The molecule has 0 aliphatic rings. The van der Waals surface area contributed by atoms with E-state index < -0.39 is 16.1 Å². The van der Waals surface area contributed by atoms with Crippen LogP contribution in [0.2, 0.25) is 0 Å². The first-order valence-corrected chi connectivity index (χ1v) is 9.67. The number of hydrogen-bond donors (Lipinski definition) is 2. The SMILES string of the molecule is O=S(=O)(NC(CO)CC#CCc1ccccc1)c1ccc(Br)cc1. The summed E-state index contributed by atoms with van der Waals surface area (Å²) in [6, 6.07) is 15.5. The Kier molecular flexibility index (Phi) is 7.00. The molecule has 0 bridgehead atoms. The van der Waals surface area contributed by atoms with Gasteiger partial charge >= 0.3 is 0 Å². The lowest BCUT2D eigenvalue weighted by Crippen LogP contribution is -2.37. The molecule has 126 valence electrons. The average molecular weight is 408 g/mol. The van der Waals surface area contributed by atoms with Gasteiger partial charge in [0.15, 0.2) is 0 Å².